The van der Waals surface area contributed by atoms with Crippen molar-refractivity contribution in [3.8, 4) is 5.75 Å². The first-order valence-corrected chi connectivity index (χ1v) is 10.2. The van der Waals surface area contributed by atoms with Gasteiger partial charge in [0.1, 0.15) is 5.75 Å². The molecule has 1 aliphatic heterocycles. The Bertz CT molecular complexity index is 728. The highest BCUT2D eigenvalue weighted by Gasteiger charge is 2.29. The predicted octanol–water partition coefficient (Wildman–Crippen LogP) is 5.85. The molecule has 3 rings (SSSR count). The number of benzene rings is 1. The Balaban J connectivity index is 1.91. The summed E-state index contributed by atoms with van der Waals surface area (Å²) in [4.78, 5) is 15.3. The van der Waals surface area contributed by atoms with Gasteiger partial charge in [0.2, 0.25) is 5.78 Å². The summed E-state index contributed by atoms with van der Waals surface area (Å²) in [6.07, 6.45) is 3.89. The first-order chi connectivity index (χ1) is 11.5. The third-order valence-electron chi connectivity index (χ3n) is 4.47. The van der Waals surface area contributed by atoms with Crippen LogP contribution in [0.3, 0.4) is 0 Å². The molecule has 0 spiro atoms. The molecule has 0 N–H and O–H groups in total. The summed E-state index contributed by atoms with van der Waals surface area (Å²) < 4.78 is 6.05. The van der Waals surface area contributed by atoms with E-state index < -0.39 is 0 Å². The van der Waals surface area contributed by atoms with Crippen molar-refractivity contribution in [2.45, 2.75) is 26.2 Å². The molecule has 0 saturated heterocycles. The Kier molecular flexibility index (Phi) is 5.82. The summed E-state index contributed by atoms with van der Waals surface area (Å²) >= 11 is 9.86. The quantitative estimate of drug-likeness (QED) is 0.304. The van der Waals surface area contributed by atoms with Gasteiger partial charge in [-0.15, -0.1) is 0 Å². The van der Waals surface area contributed by atoms with Gasteiger partial charge in [0.05, 0.1) is 21.3 Å². The van der Waals surface area contributed by atoms with E-state index in [-0.39, 0.29) is 5.78 Å². The summed E-state index contributed by atoms with van der Waals surface area (Å²) in [5.41, 5.74) is 1.72. The average Bonchev–Trinajstić information content (AvgIpc) is 2.90. The van der Waals surface area contributed by atoms with Crippen molar-refractivity contribution >= 4 is 51.7 Å². The van der Waals surface area contributed by atoms with E-state index in [1.807, 2.05) is 0 Å². The highest BCUT2D eigenvalue weighted by Crippen LogP contribution is 2.42. The zero-order valence-electron chi connectivity index (χ0n) is 13.6. The number of rotatable bonds is 5. The second-order valence-electron chi connectivity index (χ2n) is 6.08. The van der Waals surface area contributed by atoms with Crippen molar-refractivity contribution in [2.24, 2.45) is 5.92 Å². The minimum absolute atomic E-state index is 0.0424. The molecule has 0 aromatic heterocycles. The molecule has 0 amide bonds. The summed E-state index contributed by atoms with van der Waals surface area (Å²) in [7, 11) is 1.57. The van der Waals surface area contributed by atoms with Gasteiger partial charge in [-0.25, -0.2) is 0 Å². The van der Waals surface area contributed by atoms with E-state index in [2.05, 4.69) is 39.8 Å². The van der Waals surface area contributed by atoms with Gasteiger partial charge in [0, 0.05) is 17.3 Å². The monoisotopic (exact) mass is 475 g/mol. The number of Topliss-reactive ketones (excluding diaryl/α,β-unsaturated/α-hetero) is 1. The maximum absolute atomic E-state index is 13.0. The van der Waals surface area contributed by atoms with Gasteiger partial charge in [-0.1, -0.05) is 29.8 Å². The van der Waals surface area contributed by atoms with Crippen LogP contribution in [-0.2, 0) is 0 Å². The van der Waals surface area contributed by atoms with E-state index in [0.717, 1.165) is 17.5 Å². The Labute approximate surface area is 165 Å². The van der Waals surface area contributed by atoms with E-state index in [9.17, 15) is 4.79 Å². The van der Waals surface area contributed by atoms with Crippen LogP contribution in [0.15, 0.2) is 37.9 Å². The molecule has 1 aromatic carbocycles. The van der Waals surface area contributed by atoms with Crippen LogP contribution in [0.25, 0.3) is 0 Å². The molecule has 128 valence electrons. The summed E-state index contributed by atoms with van der Waals surface area (Å²) in [6.45, 7) is 3.10. The molecule has 0 radical (unpaired) electrons. The van der Waals surface area contributed by atoms with Gasteiger partial charge < -0.3 is 9.64 Å². The number of nitrogens with zero attached hydrogens (tertiary/aromatic N) is 1. The number of methoxy groups -OCH3 is 1. The zero-order valence-corrected chi connectivity index (χ0v) is 17.4. The van der Waals surface area contributed by atoms with E-state index in [1.54, 1.807) is 37.1 Å². The first-order valence-electron chi connectivity index (χ1n) is 7.90. The van der Waals surface area contributed by atoms with Crippen LogP contribution in [-0.4, -0.2) is 24.3 Å². The van der Waals surface area contributed by atoms with Crippen molar-refractivity contribution in [3.63, 3.8) is 0 Å². The summed E-state index contributed by atoms with van der Waals surface area (Å²) in [6, 6.07) is 5.15. The predicted molar refractivity (Wildman–Crippen MR) is 109 cm³/mol. The fraction of sp³-hybridized carbons (Fsp3) is 0.389. The molecule has 6 heteroatoms. The number of ether oxygens (including phenoxy) is 1. The largest absolute Gasteiger partial charge is 0.496 e. The van der Waals surface area contributed by atoms with Crippen LogP contribution in [0.4, 0.5) is 0 Å². The Morgan fingerprint density at radius 1 is 1.46 bits per heavy atom. The third kappa shape index (κ3) is 3.63. The molecule has 0 atom stereocenters. The lowest BCUT2D eigenvalue weighted by Crippen LogP contribution is -2.29. The van der Waals surface area contributed by atoms with Crippen LogP contribution < -0.4 is 4.74 Å². The van der Waals surface area contributed by atoms with Crippen molar-refractivity contribution in [2.75, 3.05) is 13.7 Å². The Morgan fingerprint density at radius 2 is 2.21 bits per heavy atom. The van der Waals surface area contributed by atoms with Crippen LogP contribution in [0.1, 0.15) is 36.5 Å². The first kappa shape index (κ1) is 18.1. The highest BCUT2D eigenvalue weighted by molar-refractivity contribution is 14.1. The number of ketones is 1. The zero-order chi connectivity index (χ0) is 17.3. The summed E-state index contributed by atoms with van der Waals surface area (Å²) in [5, 5.41) is 3.68. The van der Waals surface area contributed by atoms with Gasteiger partial charge in [0.25, 0.3) is 0 Å². The summed E-state index contributed by atoms with van der Waals surface area (Å²) in [5.74, 6) is 1.25. The number of hydrogen-bond donors (Lipinski definition) is 0. The van der Waals surface area contributed by atoms with Crippen molar-refractivity contribution < 1.29 is 9.53 Å². The van der Waals surface area contributed by atoms with Gasteiger partial charge in [-0.3, -0.25) is 4.79 Å². The van der Waals surface area contributed by atoms with E-state index in [4.69, 9.17) is 16.3 Å². The fourth-order valence-electron chi connectivity index (χ4n) is 2.83. The lowest BCUT2D eigenvalue weighted by atomic mass is 9.85. The van der Waals surface area contributed by atoms with Gasteiger partial charge in [0.15, 0.2) is 0 Å². The topological polar surface area (TPSA) is 29.5 Å². The number of thioether (sulfide) groups is 1. The number of carbonyl (C=O) groups is 1. The van der Waals surface area contributed by atoms with Crippen LogP contribution in [0, 0.1) is 5.92 Å². The number of hydrogen-bond acceptors (Lipinski definition) is 4. The number of carbonyl (C=O) groups excluding carboxylic acids is 1. The fourth-order valence-corrected chi connectivity index (χ4v) is 4.92. The van der Waals surface area contributed by atoms with Crippen LogP contribution >= 0.6 is 46.0 Å². The van der Waals surface area contributed by atoms with Gasteiger partial charge in [-0.05, 0) is 71.9 Å². The molecule has 0 unspecified atom stereocenters. The van der Waals surface area contributed by atoms with Gasteiger partial charge in [-0.2, -0.15) is 0 Å². The molecule has 24 heavy (non-hydrogen) atoms. The van der Waals surface area contributed by atoms with Crippen molar-refractivity contribution in [1.29, 1.82) is 0 Å². The smallest absolute Gasteiger partial charge is 0.205 e. The molecule has 2 aliphatic rings. The maximum atomic E-state index is 13.0. The number of halogens is 2. The van der Waals surface area contributed by atoms with E-state index in [1.165, 1.54) is 25.0 Å². The highest BCUT2D eigenvalue weighted by atomic mass is 127. The van der Waals surface area contributed by atoms with Crippen LogP contribution in [0.5, 0.6) is 5.75 Å². The molecule has 1 saturated carbocycles. The molecule has 1 fully saturated rings. The average molecular weight is 476 g/mol. The SMILES string of the molecule is COc1ccc(Cl)cc1C(=O)C(I)=C1SC=C(C)N1CC1CCC1. The van der Waals surface area contributed by atoms with E-state index >= 15 is 0 Å². The molecule has 0 bridgehead atoms. The van der Waals surface area contributed by atoms with Crippen molar-refractivity contribution in [3.05, 3.63) is 48.5 Å². The molecular formula is C18H19ClINO2S. The normalized spacial score (nSPS) is 19.8. The second kappa shape index (κ2) is 7.70. The Hall–Kier alpha value is -0.660. The standard InChI is InChI=1S/C18H19ClINO2S/c1-11-10-24-18(21(11)9-12-4-3-5-12)16(20)17(22)14-8-13(19)6-7-15(14)23-2/h6-8,10,12H,3-5,9H2,1-2H3. The minimum atomic E-state index is -0.0424. The van der Waals surface area contributed by atoms with Crippen molar-refractivity contribution in [1.82, 2.24) is 4.90 Å². The maximum Gasteiger partial charge on any atom is 0.205 e. The van der Waals surface area contributed by atoms with Gasteiger partial charge >= 0.3 is 0 Å². The molecule has 1 heterocycles. The molecule has 1 aliphatic carbocycles. The second-order valence-corrected chi connectivity index (χ2v) is 8.45. The third-order valence-corrected chi connectivity index (χ3v) is 7.18. The molecule has 1 aromatic rings. The minimum Gasteiger partial charge on any atom is -0.496 e. The lowest BCUT2D eigenvalue weighted by Gasteiger charge is -2.32. The Morgan fingerprint density at radius 3 is 2.83 bits per heavy atom. The number of allylic oxidation sites excluding steroid dienone is 2. The van der Waals surface area contributed by atoms with E-state index in [0.29, 0.717) is 19.9 Å². The molecular weight excluding hydrogens is 457 g/mol. The lowest BCUT2D eigenvalue weighted by molar-refractivity contribution is 0.104. The molecule has 3 nitrogen and oxygen atoms in total. The van der Waals surface area contributed by atoms with Crippen LogP contribution in [0.2, 0.25) is 5.02 Å².